The normalized spacial score (nSPS) is 22.2. The van der Waals surface area contributed by atoms with Gasteiger partial charge in [0.2, 0.25) is 5.91 Å². The first-order chi connectivity index (χ1) is 21.5. The molecule has 0 spiro atoms. The van der Waals surface area contributed by atoms with Crippen LogP contribution in [0.15, 0.2) is 72.8 Å². The van der Waals surface area contributed by atoms with Gasteiger partial charge in [-0.15, -0.1) is 0 Å². The minimum absolute atomic E-state index is 0.0456. The summed E-state index contributed by atoms with van der Waals surface area (Å²) in [5.74, 6) is -2.41. The van der Waals surface area contributed by atoms with Gasteiger partial charge in [0.15, 0.2) is 12.4 Å². The summed E-state index contributed by atoms with van der Waals surface area (Å²) >= 11 is 5.99. The van der Waals surface area contributed by atoms with Crippen LogP contribution in [0.3, 0.4) is 0 Å². The van der Waals surface area contributed by atoms with E-state index in [0.717, 1.165) is 0 Å². The van der Waals surface area contributed by atoms with Crippen molar-refractivity contribution in [2.24, 2.45) is 0 Å². The Morgan fingerprint density at radius 3 is 2.33 bits per heavy atom. The standard InChI is InChI=1S/C32H31ClN2O10/c1-16-21(22-13-20(36)11-12-23(22)35(16)30(41)18-7-9-19(33)10-8-18)14-25(37)34-15-24(17-5-3-2-4-6-17)44-32-28(40)26(38)27(39)29(45-32)31(42)43/h2-13,24,26-29,32,36,38-40H,14-15H2,1H3,(H,34,37)(H,42,43)/t24?,26-,27-,28+,29-,32?/m0/s1. The molecule has 4 aromatic rings. The number of carbonyl (C=O) groups is 3. The molecule has 45 heavy (non-hydrogen) atoms. The van der Waals surface area contributed by atoms with Crippen molar-refractivity contribution in [2.75, 3.05) is 6.54 Å². The Labute approximate surface area is 262 Å². The number of fused-ring (bicyclic) bond motifs is 1. The summed E-state index contributed by atoms with van der Waals surface area (Å²) in [5, 5.41) is 54.1. The molecule has 236 valence electrons. The second kappa shape index (κ2) is 13.4. The number of aliphatic carboxylic acids is 1. The summed E-state index contributed by atoms with van der Waals surface area (Å²) in [5.41, 5.74) is 2.42. The Hall–Kier alpha value is -4.30. The maximum absolute atomic E-state index is 13.5. The third-order valence-corrected chi connectivity index (χ3v) is 7.97. The van der Waals surface area contributed by atoms with E-state index >= 15 is 0 Å². The lowest BCUT2D eigenvalue weighted by Crippen LogP contribution is -2.60. The molecule has 3 aromatic carbocycles. The molecule has 0 saturated carbocycles. The maximum Gasteiger partial charge on any atom is 0.335 e. The van der Waals surface area contributed by atoms with Crippen LogP contribution in [0, 0.1) is 6.92 Å². The van der Waals surface area contributed by atoms with E-state index in [0.29, 0.717) is 38.3 Å². The number of phenols is 1. The number of carboxylic acids is 1. The van der Waals surface area contributed by atoms with Gasteiger partial charge < -0.3 is 40.3 Å². The monoisotopic (exact) mass is 638 g/mol. The predicted molar refractivity (Wildman–Crippen MR) is 161 cm³/mol. The number of hydrogen-bond donors (Lipinski definition) is 6. The SMILES string of the molecule is Cc1c(CC(=O)NCC(OC2O[C@H](C(=O)O)[C@@H](O)[C@H](O)[C@H]2O)c2ccccc2)c2cc(O)ccc2n1C(=O)c1ccc(Cl)cc1. The van der Waals surface area contributed by atoms with E-state index in [2.05, 4.69) is 5.32 Å². The fraction of sp³-hybridized carbons (Fsp3) is 0.281. The highest BCUT2D eigenvalue weighted by atomic mass is 35.5. The number of aromatic hydroxyl groups is 1. The number of nitrogens with one attached hydrogen (secondary N) is 1. The molecule has 2 unspecified atom stereocenters. The molecule has 12 nitrogen and oxygen atoms in total. The van der Waals surface area contributed by atoms with Gasteiger partial charge in [0.1, 0.15) is 30.2 Å². The lowest BCUT2D eigenvalue weighted by atomic mass is 9.98. The average molecular weight is 639 g/mol. The van der Waals surface area contributed by atoms with Gasteiger partial charge >= 0.3 is 5.97 Å². The summed E-state index contributed by atoms with van der Waals surface area (Å²) in [6, 6.07) is 19.5. The van der Waals surface area contributed by atoms with Crippen LogP contribution < -0.4 is 5.32 Å². The van der Waals surface area contributed by atoms with Gasteiger partial charge in [-0.3, -0.25) is 14.2 Å². The van der Waals surface area contributed by atoms with E-state index in [1.807, 2.05) is 0 Å². The van der Waals surface area contributed by atoms with Gasteiger partial charge in [0.25, 0.3) is 5.91 Å². The van der Waals surface area contributed by atoms with Crippen LogP contribution in [0.4, 0.5) is 0 Å². The topological polar surface area (TPSA) is 188 Å². The van der Waals surface area contributed by atoms with Crippen LogP contribution in [0.1, 0.15) is 33.3 Å². The molecule has 1 fully saturated rings. The number of aliphatic hydroxyl groups is 3. The lowest BCUT2D eigenvalue weighted by molar-refractivity contribution is -0.304. The molecule has 6 atom stereocenters. The van der Waals surface area contributed by atoms with Crippen molar-refractivity contribution in [3.8, 4) is 5.75 Å². The van der Waals surface area contributed by atoms with Crippen LogP contribution in [0.2, 0.25) is 5.02 Å². The minimum atomic E-state index is -1.89. The first-order valence-electron chi connectivity index (χ1n) is 14.0. The molecular formula is C32H31ClN2O10. The van der Waals surface area contributed by atoms with Gasteiger partial charge in [-0.2, -0.15) is 0 Å². The molecule has 2 heterocycles. The van der Waals surface area contributed by atoms with Crippen molar-refractivity contribution in [1.82, 2.24) is 9.88 Å². The highest BCUT2D eigenvalue weighted by Crippen LogP contribution is 2.31. The van der Waals surface area contributed by atoms with Crippen LogP contribution in [0.5, 0.6) is 5.75 Å². The van der Waals surface area contributed by atoms with E-state index in [9.17, 15) is 39.9 Å². The van der Waals surface area contributed by atoms with Crippen molar-refractivity contribution in [2.45, 2.75) is 50.2 Å². The van der Waals surface area contributed by atoms with Crippen molar-refractivity contribution in [3.63, 3.8) is 0 Å². The number of aromatic nitrogens is 1. The molecular weight excluding hydrogens is 608 g/mol. The number of carbonyl (C=O) groups excluding carboxylic acids is 2. The molecule has 1 saturated heterocycles. The summed E-state index contributed by atoms with van der Waals surface area (Å²) in [4.78, 5) is 38.4. The van der Waals surface area contributed by atoms with Gasteiger partial charge in [-0.05, 0) is 60.5 Å². The molecule has 5 rings (SSSR count). The maximum atomic E-state index is 13.5. The Morgan fingerprint density at radius 1 is 0.978 bits per heavy atom. The van der Waals surface area contributed by atoms with Crippen molar-refractivity contribution in [1.29, 1.82) is 0 Å². The molecule has 1 amide bonds. The number of rotatable bonds is 9. The largest absolute Gasteiger partial charge is 0.508 e. The fourth-order valence-electron chi connectivity index (χ4n) is 5.35. The molecule has 13 heteroatoms. The zero-order chi connectivity index (χ0) is 32.4. The van der Waals surface area contributed by atoms with Gasteiger partial charge in [-0.25, -0.2) is 4.79 Å². The number of nitrogens with zero attached hydrogens (tertiary/aromatic N) is 1. The van der Waals surface area contributed by atoms with E-state index in [4.69, 9.17) is 21.1 Å². The summed E-state index contributed by atoms with van der Waals surface area (Å²) in [6.45, 7) is 1.54. The highest BCUT2D eigenvalue weighted by molar-refractivity contribution is 6.30. The second-order valence-corrected chi connectivity index (χ2v) is 11.1. The van der Waals surface area contributed by atoms with Crippen molar-refractivity contribution in [3.05, 3.63) is 100 Å². The first kappa shape index (κ1) is 32.1. The lowest BCUT2D eigenvalue weighted by Gasteiger charge is -2.39. The van der Waals surface area contributed by atoms with E-state index in [1.165, 1.54) is 16.7 Å². The van der Waals surface area contributed by atoms with E-state index in [1.54, 1.807) is 67.6 Å². The third kappa shape index (κ3) is 6.71. The molecule has 0 aliphatic carbocycles. The number of carboxylic acid groups (broad SMARTS) is 1. The molecule has 1 aliphatic rings. The second-order valence-electron chi connectivity index (χ2n) is 10.7. The van der Waals surface area contributed by atoms with Crippen LogP contribution in [0.25, 0.3) is 10.9 Å². The van der Waals surface area contributed by atoms with Gasteiger partial charge in [0.05, 0.1) is 11.9 Å². The van der Waals surface area contributed by atoms with E-state index < -0.39 is 48.7 Å². The van der Waals surface area contributed by atoms with Gasteiger partial charge in [0, 0.05) is 28.2 Å². The number of aliphatic hydroxyl groups excluding tert-OH is 3. The molecule has 0 bridgehead atoms. The quantitative estimate of drug-likeness (QED) is 0.159. The molecule has 1 aromatic heterocycles. The molecule has 1 aliphatic heterocycles. The Kier molecular flexibility index (Phi) is 9.53. The zero-order valence-electron chi connectivity index (χ0n) is 23.9. The summed E-state index contributed by atoms with van der Waals surface area (Å²) in [7, 11) is 0. The fourth-order valence-corrected chi connectivity index (χ4v) is 5.47. The predicted octanol–water partition coefficient (Wildman–Crippen LogP) is 2.31. The van der Waals surface area contributed by atoms with Crippen molar-refractivity contribution >= 4 is 40.3 Å². The minimum Gasteiger partial charge on any atom is -0.508 e. The number of halogens is 1. The van der Waals surface area contributed by atoms with Crippen LogP contribution in [-0.2, 0) is 25.5 Å². The molecule has 6 N–H and O–H groups in total. The summed E-state index contributed by atoms with van der Waals surface area (Å²) in [6.07, 6.45) is -10.2. The highest BCUT2D eigenvalue weighted by Gasteiger charge is 2.48. The average Bonchev–Trinajstić information content (AvgIpc) is 3.29. The van der Waals surface area contributed by atoms with Crippen LogP contribution in [-0.4, -0.2) is 85.1 Å². The number of ether oxygens (including phenoxy) is 2. The van der Waals surface area contributed by atoms with E-state index in [-0.39, 0.29) is 24.6 Å². The third-order valence-electron chi connectivity index (χ3n) is 7.72. The molecule has 0 radical (unpaired) electrons. The number of benzene rings is 3. The number of phenolic OH excluding ortho intramolecular Hbond substituents is 1. The Morgan fingerprint density at radius 2 is 1.67 bits per heavy atom. The Balaban J connectivity index is 1.38. The summed E-state index contributed by atoms with van der Waals surface area (Å²) < 4.78 is 12.6. The van der Waals surface area contributed by atoms with Crippen LogP contribution >= 0.6 is 11.6 Å². The Bertz CT molecular complexity index is 1710. The van der Waals surface area contributed by atoms with Gasteiger partial charge in [-0.1, -0.05) is 41.9 Å². The van der Waals surface area contributed by atoms with Crippen molar-refractivity contribution < 1.29 is 49.4 Å². The smallest absolute Gasteiger partial charge is 0.335 e. The number of amides is 1. The zero-order valence-corrected chi connectivity index (χ0v) is 24.7. The first-order valence-corrected chi connectivity index (χ1v) is 14.4. The number of hydrogen-bond acceptors (Lipinski definition) is 9.